The summed E-state index contributed by atoms with van der Waals surface area (Å²) in [5, 5.41) is 6.87. The van der Waals surface area contributed by atoms with Crippen molar-refractivity contribution in [2.75, 3.05) is 37.6 Å². The fourth-order valence-electron chi connectivity index (χ4n) is 3.22. The number of halogens is 3. The number of nitrogens with zero attached hydrogens (tertiary/aromatic N) is 6. The molecule has 29 heavy (non-hydrogen) atoms. The number of piperazine rings is 1. The minimum atomic E-state index is -4.63. The van der Waals surface area contributed by atoms with Gasteiger partial charge in [-0.3, -0.25) is 4.79 Å². The molecule has 1 atom stereocenters. The summed E-state index contributed by atoms with van der Waals surface area (Å²) in [5.41, 5.74) is -1.16. The van der Waals surface area contributed by atoms with Gasteiger partial charge in [0.1, 0.15) is 12.1 Å². The molecule has 9 nitrogen and oxygen atoms in total. The summed E-state index contributed by atoms with van der Waals surface area (Å²) in [5.74, 6) is -0.253. The van der Waals surface area contributed by atoms with Gasteiger partial charge in [0.15, 0.2) is 5.69 Å². The van der Waals surface area contributed by atoms with Gasteiger partial charge in [-0.05, 0) is 19.4 Å². The number of aromatic nitrogens is 4. The lowest BCUT2D eigenvalue weighted by atomic mass is 10.1. The third-order valence-corrected chi connectivity index (χ3v) is 5.05. The normalized spacial score (nSPS) is 19.9. The summed E-state index contributed by atoms with van der Waals surface area (Å²) in [6.45, 7) is 5.05. The van der Waals surface area contributed by atoms with Crippen molar-refractivity contribution in [1.82, 2.24) is 30.3 Å². The van der Waals surface area contributed by atoms with E-state index in [0.29, 0.717) is 32.7 Å². The van der Waals surface area contributed by atoms with Crippen molar-refractivity contribution in [3.63, 3.8) is 0 Å². The Balaban J connectivity index is 1.57. The van der Waals surface area contributed by atoms with E-state index in [1.807, 2.05) is 6.92 Å². The number of carbonyl (C=O) groups excluding carboxylic acids is 1. The van der Waals surface area contributed by atoms with E-state index < -0.39 is 11.9 Å². The molecule has 0 unspecified atom stereocenters. The number of carbonyl (C=O) groups is 1. The molecule has 0 radical (unpaired) electrons. The van der Waals surface area contributed by atoms with Crippen molar-refractivity contribution in [3.8, 4) is 11.5 Å². The number of hydrogen-bond donors (Lipinski definition) is 1. The van der Waals surface area contributed by atoms with Crippen LogP contribution < -0.4 is 10.2 Å². The van der Waals surface area contributed by atoms with Crippen molar-refractivity contribution in [2.24, 2.45) is 0 Å². The van der Waals surface area contributed by atoms with Crippen molar-refractivity contribution >= 4 is 11.9 Å². The molecule has 0 bridgehead atoms. The topological polar surface area (TPSA) is 100 Å². The van der Waals surface area contributed by atoms with Gasteiger partial charge in [-0.25, -0.2) is 9.97 Å². The van der Waals surface area contributed by atoms with Gasteiger partial charge in [-0.1, -0.05) is 5.16 Å². The Hall–Kier alpha value is -2.76. The van der Waals surface area contributed by atoms with E-state index in [0.717, 1.165) is 12.5 Å². The van der Waals surface area contributed by atoms with Gasteiger partial charge in [0.05, 0.1) is 0 Å². The average Bonchev–Trinajstić information content (AvgIpc) is 3.15. The molecule has 4 rings (SSSR count). The second kappa shape index (κ2) is 7.58. The molecule has 2 saturated heterocycles. The highest BCUT2D eigenvalue weighted by atomic mass is 19.4. The Morgan fingerprint density at radius 3 is 2.62 bits per heavy atom. The Bertz CT molecular complexity index is 895. The number of rotatable bonds is 4. The van der Waals surface area contributed by atoms with Crippen LogP contribution in [0.1, 0.15) is 24.9 Å². The Labute approximate surface area is 164 Å². The number of alkyl halides is 3. The Morgan fingerprint density at radius 2 is 2.00 bits per heavy atom. The first-order chi connectivity index (χ1) is 13.8. The molecule has 1 N–H and O–H groups in total. The summed E-state index contributed by atoms with van der Waals surface area (Å²) < 4.78 is 45.0. The number of hydrogen-bond acceptors (Lipinski definition) is 8. The maximum atomic E-state index is 13.3. The first kappa shape index (κ1) is 19.6. The number of nitrogens with one attached hydrogen (secondary N) is 1. The molecule has 1 amide bonds. The van der Waals surface area contributed by atoms with E-state index in [2.05, 4.69) is 25.4 Å². The molecule has 0 aromatic carbocycles. The van der Waals surface area contributed by atoms with Crippen LogP contribution in [0.5, 0.6) is 0 Å². The number of amides is 1. The first-order valence-electron chi connectivity index (χ1n) is 9.35. The lowest BCUT2D eigenvalue weighted by Gasteiger charge is -2.38. The fraction of sp³-hybridized carbons (Fsp3) is 0.588. The second-order valence-corrected chi connectivity index (χ2v) is 7.09. The highest BCUT2D eigenvalue weighted by Gasteiger charge is 2.36. The van der Waals surface area contributed by atoms with Crippen LogP contribution in [0.3, 0.4) is 0 Å². The van der Waals surface area contributed by atoms with E-state index in [-0.39, 0.29) is 41.7 Å². The molecule has 2 aliphatic rings. The predicted molar refractivity (Wildman–Crippen MR) is 94.9 cm³/mol. The maximum absolute atomic E-state index is 13.3. The van der Waals surface area contributed by atoms with Crippen LogP contribution >= 0.6 is 0 Å². The zero-order chi connectivity index (χ0) is 20.6. The van der Waals surface area contributed by atoms with E-state index in [1.165, 1.54) is 0 Å². The largest absolute Gasteiger partial charge is 0.433 e. The monoisotopic (exact) mass is 411 g/mol. The van der Waals surface area contributed by atoms with Gasteiger partial charge < -0.3 is 19.6 Å². The van der Waals surface area contributed by atoms with Gasteiger partial charge in [0.2, 0.25) is 23.6 Å². The minimum absolute atomic E-state index is 0.0168. The van der Waals surface area contributed by atoms with Crippen LogP contribution in [0, 0.1) is 0 Å². The smallest absolute Gasteiger partial charge is 0.340 e. The van der Waals surface area contributed by atoms with Crippen LogP contribution in [-0.4, -0.2) is 69.7 Å². The van der Waals surface area contributed by atoms with Crippen LogP contribution in [-0.2, 0) is 17.4 Å². The van der Waals surface area contributed by atoms with Crippen molar-refractivity contribution in [2.45, 2.75) is 32.0 Å². The van der Waals surface area contributed by atoms with Gasteiger partial charge >= 0.3 is 6.18 Å². The lowest BCUT2D eigenvalue weighted by molar-refractivity contribution is -0.141. The molecule has 0 aliphatic carbocycles. The SMILES string of the molecule is C[C@H]1CCN1c1nc(-c2noc(CC(=O)N3CCNCC3)n2)cc(C(F)(F)F)n1. The van der Waals surface area contributed by atoms with Crippen LogP contribution in [0.4, 0.5) is 19.1 Å². The summed E-state index contributed by atoms with van der Waals surface area (Å²) in [4.78, 5) is 27.6. The van der Waals surface area contributed by atoms with Gasteiger partial charge in [-0.2, -0.15) is 18.2 Å². The van der Waals surface area contributed by atoms with Crippen molar-refractivity contribution in [3.05, 3.63) is 17.7 Å². The third kappa shape index (κ3) is 4.16. The molecule has 4 heterocycles. The zero-order valence-corrected chi connectivity index (χ0v) is 15.7. The zero-order valence-electron chi connectivity index (χ0n) is 15.7. The van der Waals surface area contributed by atoms with Gasteiger partial charge in [0, 0.05) is 38.8 Å². The molecule has 2 aromatic rings. The molecule has 156 valence electrons. The third-order valence-electron chi connectivity index (χ3n) is 5.05. The lowest BCUT2D eigenvalue weighted by Crippen LogP contribution is -2.47. The molecule has 2 fully saturated rings. The summed E-state index contributed by atoms with van der Waals surface area (Å²) in [6, 6.07) is 0.851. The van der Waals surface area contributed by atoms with Crippen LogP contribution in [0.15, 0.2) is 10.6 Å². The molecule has 12 heteroatoms. The Morgan fingerprint density at radius 1 is 1.24 bits per heavy atom. The van der Waals surface area contributed by atoms with Gasteiger partial charge in [0.25, 0.3) is 0 Å². The molecular formula is C17H20F3N7O2. The minimum Gasteiger partial charge on any atom is -0.340 e. The standard InChI is InChI=1S/C17H20F3N7O2/c1-10-2-5-27(10)16-22-11(8-12(23-16)17(18,19)20)15-24-13(29-25-15)9-14(28)26-6-3-21-4-7-26/h8,10,21H,2-7,9H2,1H3/t10-/m0/s1. The van der Waals surface area contributed by atoms with E-state index in [1.54, 1.807) is 9.80 Å². The fourth-order valence-corrected chi connectivity index (χ4v) is 3.22. The maximum Gasteiger partial charge on any atom is 0.433 e. The second-order valence-electron chi connectivity index (χ2n) is 7.09. The first-order valence-corrected chi connectivity index (χ1v) is 9.35. The average molecular weight is 411 g/mol. The molecule has 2 aromatic heterocycles. The summed E-state index contributed by atoms with van der Waals surface area (Å²) in [6.07, 6.45) is -3.89. The molecule has 0 saturated carbocycles. The van der Waals surface area contributed by atoms with Crippen LogP contribution in [0.2, 0.25) is 0 Å². The van der Waals surface area contributed by atoms with E-state index in [4.69, 9.17) is 4.52 Å². The quantitative estimate of drug-likeness (QED) is 0.799. The number of anilines is 1. The molecule has 2 aliphatic heterocycles. The predicted octanol–water partition coefficient (Wildman–Crippen LogP) is 1.12. The molecular weight excluding hydrogens is 391 g/mol. The highest BCUT2D eigenvalue weighted by Crippen LogP contribution is 2.33. The highest BCUT2D eigenvalue weighted by molar-refractivity contribution is 5.78. The molecule has 0 spiro atoms. The Kier molecular flexibility index (Phi) is 5.11. The van der Waals surface area contributed by atoms with Crippen LogP contribution in [0.25, 0.3) is 11.5 Å². The summed E-state index contributed by atoms with van der Waals surface area (Å²) >= 11 is 0. The van der Waals surface area contributed by atoms with Crippen molar-refractivity contribution in [1.29, 1.82) is 0 Å². The van der Waals surface area contributed by atoms with Crippen molar-refractivity contribution < 1.29 is 22.5 Å². The van der Waals surface area contributed by atoms with E-state index >= 15 is 0 Å². The van der Waals surface area contributed by atoms with E-state index in [9.17, 15) is 18.0 Å². The summed E-state index contributed by atoms with van der Waals surface area (Å²) in [7, 11) is 0. The van der Waals surface area contributed by atoms with Gasteiger partial charge in [-0.15, -0.1) is 0 Å².